The van der Waals surface area contributed by atoms with E-state index in [4.69, 9.17) is 10.5 Å². The molecule has 0 spiro atoms. The van der Waals surface area contributed by atoms with Crippen LogP contribution in [0.3, 0.4) is 0 Å². The number of aryl methyl sites for hydroxylation is 1. The molecule has 5 nitrogen and oxygen atoms in total. The van der Waals surface area contributed by atoms with E-state index in [9.17, 15) is 0 Å². The molecule has 0 unspecified atom stereocenters. The highest BCUT2D eigenvalue weighted by atomic mass is 35.5. The first-order valence-electron chi connectivity index (χ1n) is 5.01. The van der Waals surface area contributed by atoms with E-state index in [0.29, 0.717) is 6.54 Å². The average Bonchev–Trinajstić information content (AvgIpc) is 2.77. The van der Waals surface area contributed by atoms with Gasteiger partial charge in [0.15, 0.2) is 0 Å². The molecule has 2 N–H and O–H groups in total. The number of methoxy groups -OCH3 is 1. The highest BCUT2D eigenvalue weighted by Crippen LogP contribution is 2.23. The van der Waals surface area contributed by atoms with Crippen LogP contribution in [0.25, 0.3) is 5.69 Å². The topological polar surface area (TPSA) is 66.0 Å². The summed E-state index contributed by atoms with van der Waals surface area (Å²) in [5.41, 5.74) is 8.26. The number of halogens is 1. The van der Waals surface area contributed by atoms with E-state index in [-0.39, 0.29) is 12.4 Å². The largest absolute Gasteiger partial charge is 0.494 e. The van der Waals surface area contributed by atoms with Gasteiger partial charge in [-0.1, -0.05) is 11.3 Å². The lowest BCUT2D eigenvalue weighted by Crippen LogP contribution is -1.99. The van der Waals surface area contributed by atoms with E-state index in [2.05, 4.69) is 10.3 Å². The molecule has 0 amide bonds. The summed E-state index contributed by atoms with van der Waals surface area (Å²) in [7, 11) is 1.63. The van der Waals surface area contributed by atoms with E-state index < -0.39 is 0 Å². The standard InChI is InChI=1S/C11H14N4O.ClH/c1-8-3-4-11(16-2)10(5-8)15-7-9(6-12)13-14-15;/h3-5,7H,6,12H2,1-2H3;1H. The first-order valence-corrected chi connectivity index (χ1v) is 5.01. The van der Waals surface area contributed by atoms with Crippen molar-refractivity contribution in [3.63, 3.8) is 0 Å². The molecule has 2 aromatic rings. The molecule has 92 valence electrons. The van der Waals surface area contributed by atoms with Crippen LogP contribution >= 0.6 is 12.4 Å². The van der Waals surface area contributed by atoms with Crippen LogP contribution in [-0.2, 0) is 6.54 Å². The Hall–Kier alpha value is -1.59. The molecule has 0 aliphatic rings. The summed E-state index contributed by atoms with van der Waals surface area (Å²) in [6.07, 6.45) is 1.80. The molecule has 1 aromatic carbocycles. The minimum atomic E-state index is 0. The van der Waals surface area contributed by atoms with Gasteiger partial charge >= 0.3 is 0 Å². The molecule has 0 aliphatic heterocycles. The van der Waals surface area contributed by atoms with Crippen molar-refractivity contribution in [3.8, 4) is 11.4 Å². The molecular weight excluding hydrogens is 240 g/mol. The zero-order valence-corrected chi connectivity index (χ0v) is 10.6. The molecule has 0 bridgehead atoms. The molecule has 1 heterocycles. The molecule has 1 aromatic heterocycles. The van der Waals surface area contributed by atoms with Crippen LogP contribution in [0.5, 0.6) is 5.75 Å². The van der Waals surface area contributed by atoms with E-state index >= 15 is 0 Å². The van der Waals surface area contributed by atoms with E-state index in [1.54, 1.807) is 18.0 Å². The molecule has 0 atom stereocenters. The monoisotopic (exact) mass is 254 g/mol. The second-order valence-corrected chi connectivity index (χ2v) is 3.53. The third kappa shape index (κ3) is 2.75. The van der Waals surface area contributed by atoms with Crippen LogP contribution in [0.2, 0.25) is 0 Å². The Balaban J connectivity index is 0.00000144. The smallest absolute Gasteiger partial charge is 0.144 e. The van der Waals surface area contributed by atoms with Crippen molar-refractivity contribution >= 4 is 12.4 Å². The Labute approximate surface area is 106 Å². The van der Waals surface area contributed by atoms with Gasteiger partial charge in [-0.25, -0.2) is 4.68 Å². The Morgan fingerprint density at radius 2 is 2.18 bits per heavy atom. The van der Waals surface area contributed by atoms with Crippen LogP contribution in [0, 0.1) is 6.92 Å². The predicted octanol–water partition coefficient (Wildman–Crippen LogP) is 1.46. The maximum absolute atomic E-state index is 5.49. The number of hydrogen-bond donors (Lipinski definition) is 1. The number of nitrogens with zero attached hydrogens (tertiary/aromatic N) is 3. The molecule has 0 saturated heterocycles. The quantitative estimate of drug-likeness (QED) is 0.901. The fourth-order valence-corrected chi connectivity index (χ4v) is 1.49. The van der Waals surface area contributed by atoms with Gasteiger partial charge in [-0.05, 0) is 24.6 Å². The van der Waals surface area contributed by atoms with Crippen LogP contribution in [-0.4, -0.2) is 22.1 Å². The number of hydrogen-bond acceptors (Lipinski definition) is 4. The summed E-state index contributed by atoms with van der Waals surface area (Å²) in [5.74, 6) is 0.763. The number of aromatic nitrogens is 3. The molecule has 2 rings (SSSR count). The maximum Gasteiger partial charge on any atom is 0.144 e. The lowest BCUT2D eigenvalue weighted by molar-refractivity contribution is 0.411. The van der Waals surface area contributed by atoms with Gasteiger partial charge < -0.3 is 10.5 Å². The molecule has 0 fully saturated rings. The second kappa shape index (κ2) is 5.65. The van der Waals surface area contributed by atoms with Crippen molar-refractivity contribution < 1.29 is 4.74 Å². The van der Waals surface area contributed by atoms with Gasteiger partial charge in [0.1, 0.15) is 11.4 Å². The average molecular weight is 255 g/mol. The van der Waals surface area contributed by atoms with Crippen molar-refractivity contribution in [2.75, 3.05) is 7.11 Å². The first kappa shape index (κ1) is 13.5. The summed E-state index contributed by atoms with van der Waals surface area (Å²) in [5, 5.41) is 7.96. The molecule has 0 saturated carbocycles. The van der Waals surface area contributed by atoms with Crippen molar-refractivity contribution in [3.05, 3.63) is 35.7 Å². The van der Waals surface area contributed by atoms with Crippen LogP contribution in [0.1, 0.15) is 11.3 Å². The van der Waals surface area contributed by atoms with Gasteiger partial charge in [0, 0.05) is 6.54 Å². The molecule has 0 aliphatic carbocycles. The van der Waals surface area contributed by atoms with Crippen molar-refractivity contribution in [2.24, 2.45) is 5.73 Å². The zero-order chi connectivity index (χ0) is 11.5. The van der Waals surface area contributed by atoms with Gasteiger partial charge in [0.25, 0.3) is 0 Å². The van der Waals surface area contributed by atoms with Crippen molar-refractivity contribution in [2.45, 2.75) is 13.5 Å². The van der Waals surface area contributed by atoms with Gasteiger partial charge in [0.05, 0.1) is 19.0 Å². The molecular formula is C11H15ClN4O. The Morgan fingerprint density at radius 3 is 2.76 bits per heavy atom. The van der Waals surface area contributed by atoms with E-state index in [1.165, 1.54) is 0 Å². The van der Waals surface area contributed by atoms with E-state index in [0.717, 1.165) is 22.7 Å². The van der Waals surface area contributed by atoms with Crippen molar-refractivity contribution in [1.29, 1.82) is 0 Å². The Kier molecular flexibility index (Phi) is 4.48. The fourth-order valence-electron chi connectivity index (χ4n) is 1.49. The minimum absolute atomic E-state index is 0. The third-order valence-corrected chi connectivity index (χ3v) is 2.33. The number of benzene rings is 1. The lowest BCUT2D eigenvalue weighted by atomic mass is 10.2. The van der Waals surface area contributed by atoms with Gasteiger partial charge in [-0.3, -0.25) is 0 Å². The summed E-state index contributed by atoms with van der Waals surface area (Å²) in [6.45, 7) is 2.40. The summed E-state index contributed by atoms with van der Waals surface area (Å²) >= 11 is 0. The normalized spacial score (nSPS) is 9.82. The summed E-state index contributed by atoms with van der Waals surface area (Å²) < 4.78 is 6.95. The SMILES string of the molecule is COc1ccc(C)cc1-n1cc(CN)nn1.Cl. The van der Waals surface area contributed by atoms with Crippen molar-refractivity contribution in [1.82, 2.24) is 15.0 Å². The first-order chi connectivity index (χ1) is 7.74. The van der Waals surface area contributed by atoms with Crippen LogP contribution in [0.15, 0.2) is 24.4 Å². The highest BCUT2D eigenvalue weighted by molar-refractivity contribution is 5.85. The fraction of sp³-hybridized carbons (Fsp3) is 0.273. The number of rotatable bonds is 3. The minimum Gasteiger partial charge on any atom is -0.494 e. The highest BCUT2D eigenvalue weighted by Gasteiger charge is 2.07. The summed E-state index contributed by atoms with van der Waals surface area (Å²) in [4.78, 5) is 0. The zero-order valence-electron chi connectivity index (χ0n) is 9.75. The van der Waals surface area contributed by atoms with Gasteiger partial charge in [-0.2, -0.15) is 0 Å². The lowest BCUT2D eigenvalue weighted by Gasteiger charge is -2.08. The van der Waals surface area contributed by atoms with Gasteiger partial charge in [-0.15, -0.1) is 17.5 Å². The van der Waals surface area contributed by atoms with Crippen LogP contribution < -0.4 is 10.5 Å². The number of ether oxygens (including phenoxy) is 1. The second-order valence-electron chi connectivity index (χ2n) is 3.53. The van der Waals surface area contributed by atoms with E-state index in [1.807, 2.05) is 25.1 Å². The molecule has 0 radical (unpaired) electrons. The summed E-state index contributed by atoms with van der Waals surface area (Å²) in [6, 6.07) is 5.89. The molecule has 6 heteroatoms. The molecule has 17 heavy (non-hydrogen) atoms. The Bertz CT molecular complexity index is 498. The third-order valence-electron chi connectivity index (χ3n) is 2.33. The number of nitrogens with two attached hydrogens (primary N) is 1. The van der Waals surface area contributed by atoms with Gasteiger partial charge in [0.2, 0.25) is 0 Å². The predicted molar refractivity (Wildman–Crippen MR) is 67.8 cm³/mol. The Morgan fingerprint density at radius 1 is 1.41 bits per heavy atom. The van der Waals surface area contributed by atoms with Crippen LogP contribution in [0.4, 0.5) is 0 Å². The maximum atomic E-state index is 5.49.